The van der Waals surface area contributed by atoms with Gasteiger partial charge in [-0.25, -0.2) is 0 Å². The lowest BCUT2D eigenvalue weighted by molar-refractivity contribution is 0.414. The average Bonchev–Trinajstić information content (AvgIpc) is 1.94. The monoisotopic (exact) mass is 1080 g/mol. The molecule has 0 unspecified atom stereocenters. The number of fused-ring (bicyclic) bond motifs is 3. The quantitative estimate of drug-likeness (QED) is 0.0926. The van der Waals surface area contributed by atoms with E-state index in [1.54, 1.807) is 14.2 Å². The van der Waals surface area contributed by atoms with Crippen LogP contribution in [0.25, 0.3) is 11.1 Å². The molecular weight excluding hydrogens is 1020 g/mol. The standard InChI is InChI=1S/C75H60N6O2/c1-82-69-45-39-65(40-46-69)80(63-35-27-55(76)28-36-63)67-43-49-71-72-50-44-68(81(64-37-29-56(77)30-38-64)66-41-47-70(83-2)48-42-66)52-74(72)75(73(71)51-67,53-23-31-61(32-24-53)78(57-15-7-3-8-16-57)58-17-9-4-10-18-58)54-25-33-62(34-26-54)79(59-19-11-5-12-20-59)60-21-13-6-14-22-60/h3-52H,76-77H2,1-2H3. The van der Waals surface area contributed by atoms with Crippen LogP contribution < -0.4 is 40.5 Å². The summed E-state index contributed by atoms with van der Waals surface area (Å²) in [6, 6.07) is 107. The molecule has 0 aromatic heterocycles. The third-order valence-corrected chi connectivity index (χ3v) is 15.8. The van der Waals surface area contributed by atoms with Crippen molar-refractivity contribution in [2.75, 3.05) is 45.3 Å². The van der Waals surface area contributed by atoms with E-state index >= 15 is 0 Å². The minimum atomic E-state index is -0.915. The maximum Gasteiger partial charge on any atom is 0.119 e. The third kappa shape index (κ3) is 9.68. The number of methoxy groups -OCH3 is 2. The molecule has 0 saturated carbocycles. The van der Waals surface area contributed by atoms with Crippen LogP contribution in [0.4, 0.5) is 79.6 Å². The molecule has 8 nitrogen and oxygen atoms in total. The predicted molar refractivity (Wildman–Crippen MR) is 344 cm³/mol. The number of nitrogen functional groups attached to an aromatic ring is 2. The van der Waals surface area contributed by atoms with Crippen molar-refractivity contribution in [3.8, 4) is 22.6 Å². The van der Waals surface area contributed by atoms with Gasteiger partial charge in [-0.15, -0.1) is 0 Å². The van der Waals surface area contributed by atoms with Crippen LogP contribution in [0.3, 0.4) is 0 Å². The number of para-hydroxylation sites is 4. The number of ether oxygens (including phenoxy) is 2. The van der Waals surface area contributed by atoms with Crippen LogP contribution >= 0.6 is 0 Å². The van der Waals surface area contributed by atoms with Gasteiger partial charge in [-0.2, -0.15) is 0 Å². The second kappa shape index (κ2) is 22.3. The van der Waals surface area contributed by atoms with Crippen LogP contribution in [0.15, 0.2) is 303 Å². The van der Waals surface area contributed by atoms with Crippen molar-refractivity contribution in [2.24, 2.45) is 0 Å². The molecule has 1 aliphatic carbocycles. The van der Waals surface area contributed by atoms with E-state index in [9.17, 15) is 0 Å². The molecule has 0 radical (unpaired) electrons. The lowest BCUT2D eigenvalue weighted by atomic mass is 9.67. The molecule has 83 heavy (non-hydrogen) atoms. The van der Waals surface area contributed by atoms with Gasteiger partial charge in [-0.3, -0.25) is 0 Å². The second-order valence-corrected chi connectivity index (χ2v) is 20.6. The topological polar surface area (TPSA) is 83.5 Å². The number of hydrogen-bond acceptors (Lipinski definition) is 8. The Morgan fingerprint density at radius 3 is 0.759 bits per heavy atom. The molecule has 0 bridgehead atoms. The number of anilines is 14. The fraction of sp³-hybridized carbons (Fsp3) is 0.0400. The molecule has 0 atom stereocenters. The Balaban J connectivity index is 1.09. The zero-order valence-corrected chi connectivity index (χ0v) is 46.1. The van der Waals surface area contributed by atoms with Crippen molar-refractivity contribution in [1.29, 1.82) is 0 Å². The molecule has 402 valence electrons. The first kappa shape index (κ1) is 51.5. The molecule has 0 fully saturated rings. The van der Waals surface area contributed by atoms with Gasteiger partial charge in [0.25, 0.3) is 0 Å². The molecule has 0 spiro atoms. The Kier molecular flexibility index (Phi) is 13.8. The van der Waals surface area contributed by atoms with E-state index in [1.165, 1.54) is 0 Å². The van der Waals surface area contributed by atoms with E-state index in [0.29, 0.717) is 11.4 Å². The summed E-state index contributed by atoms with van der Waals surface area (Å²) < 4.78 is 11.4. The smallest absolute Gasteiger partial charge is 0.119 e. The van der Waals surface area contributed by atoms with Gasteiger partial charge in [0.2, 0.25) is 0 Å². The van der Waals surface area contributed by atoms with E-state index < -0.39 is 5.41 Å². The zero-order valence-electron chi connectivity index (χ0n) is 46.1. The Morgan fingerprint density at radius 2 is 0.482 bits per heavy atom. The fourth-order valence-corrected chi connectivity index (χ4v) is 11.9. The summed E-state index contributed by atoms with van der Waals surface area (Å²) in [7, 11) is 3.39. The van der Waals surface area contributed by atoms with Crippen molar-refractivity contribution in [3.63, 3.8) is 0 Å². The number of hydrogen-bond donors (Lipinski definition) is 2. The highest BCUT2D eigenvalue weighted by molar-refractivity contribution is 5.93. The van der Waals surface area contributed by atoms with Gasteiger partial charge in [0.15, 0.2) is 0 Å². The van der Waals surface area contributed by atoms with Gasteiger partial charge in [0.1, 0.15) is 11.5 Å². The highest BCUT2D eigenvalue weighted by Crippen LogP contribution is 2.59. The Bertz CT molecular complexity index is 3790. The summed E-state index contributed by atoms with van der Waals surface area (Å²) in [5, 5.41) is 0. The molecule has 12 aromatic carbocycles. The zero-order chi connectivity index (χ0) is 56.3. The summed E-state index contributed by atoms with van der Waals surface area (Å²) in [4.78, 5) is 9.23. The average molecular weight is 1080 g/mol. The Hall–Kier alpha value is -11.0. The number of rotatable bonds is 16. The lowest BCUT2D eigenvalue weighted by Gasteiger charge is -2.36. The van der Waals surface area contributed by atoms with Crippen molar-refractivity contribution in [2.45, 2.75) is 5.41 Å². The largest absolute Gasteiger partial charge is 0.497 e. The fourth-order valence-electron chi connectivity index (χ4n) is 11.9. The van der Waals surface area contributed by atoms with Gasteiger partial charge in [-0.1, -0.05) is 109 Å². The first-order valence-electron chi connectivity index (χ1n) is 27.8. The highest BCUT2D eigenvalue weighted by atomic mass is 16.5. The minimum absolute atomic E-state index is 0.688. The maximum atomic E-state index is 6.39. The van der Waals surface area contributed by atoms with Gasteiger partial charge in [-0.05, 0) is 228 Å². The van der Waals surface area contributed by atoms with Crippen molar-refractivity contribution < 1.29 is 9.47 Å². The number of nitrogens with two attached hydrogens (primary N) is 2. The highest BCUT2D eigenvalue weighted by Gasteiger charge is 2.47. The molecule has 4 N–H and O–H groups in total. The SMILES string of the molecule is COc1ccc(N(c2ccc(N)cc2)c2ccc3c(c2)C(c2ccc(N(c4ccccc4)c4ccccc4)cc2)(c2ccc(N(c4ccccc4)c4ccccc4)cc2)c2cc(N(c4ccc(N)cc4)c4ccc(OC)cc4)ccc2-3)cc1. The van der Waals surface area contributed by atoms with Crippen molar-refractivity contribution in [3.05, 3.63) is 326 Å². The molecule has 1 aliphatic rings. The molecule has 8 heteroatoms. The van der Waals surface area contributed by atoms with E-state index in [4.69, 9.17) is 20.9 Å². The Morgan fingerprint density at radius 1 is 0.253 bits per heavy atom. The van der Waals surface area contributed by atoms with Crippen LogP contribution in [-0.4, -0.2) is 14.2 Å². The molecule has 13 rings (SSSR count). The predicted octanol–water partition coefficient (Wildman–Crippen LogP) is 19.1. The summed E-state index contributed by atoms with van der Waals surface area (Å²) >= 11 is 0. The molecule has 0 amide bonds. The van der Waals surface area contributed by atoms with E-state index in [2.05, 4.69) is 274 Å². The second-order valence-electron chi connectivity index (χ2n) is 20.6. The van der Waals surface area contributed by atoms with Crippen LogP contribution in [0.5, 0.6) is 11.5 Å². The maximum absolute atomic E-state index is 6.39. The van der Waals surface area contributed by atoms with E-state index in [0.717, 1.165) is 113 Å². The van der Waals surface area contributed by atoms with Crippen LogP contribution in [0.1, 0.15) is 22.3 Å². The summed E-state index contributed by atoms with van der Waals surface area (Å²) in [5.74, 6) is 1.55. The van der Waals surface area contributed by atoms with Crippen LogP contribution in [-0.2, 0) is 5.41 Å². The van der Waals surface area contributed by atoms with Crippen LogP contribution in [0.2, 0.25) is 0 Å². The summed E-state index contributed by atoms with van der Waals surface area (Å²) in [6.07, 6.45) is 0. The van der Waals surface area contributed by atoms with Gasteiger partial charge in [0, 0.05) is 79.6 Å². The molecule has 0 saturated heterocycles. The number of nitrogens with zero attached hydrogens (tertiary/aromatic N) is 4. The number of benzene rings is 12. The molecule has 0 aliphatic heterocycles. The summed E-state index contributed by atoms with van der Waals surface area (Å²) in [5.41, 5.74) is 32.1. The van der Waals surface area contributed by atoms with E-state index in [1.807, 2.05) is 48.5 Å². The lowest BCUT2D eigenvalue weighted by Crippen LogP contribution is -2.29. The minimum Gasteiger partial charge on any atom is -0.497 e. The van der Waals surface area contributed by atoms with Crippen LogP contribution in [0, 0.1) is 0 Å². The van der Waals surface area contributed by atoms with Crippen molar-refractivity contribution >= 4 is 79.6 Å². The first-order chi connectivity index (χ1) is 40.9. The van der Waals surface area contributed by atoms with E-state index in [-0.39, 0.29) is 0 Å². The Labute approximate surface area is 485 Å². The van der Waals surface area contributed by atoms with Crippen molar-refractivity contribution in [1.82, 2.24) is 0 Å². The summed E-state index contributed by atoms with van der Waals surface area (Å²) in [6.45, 7) is 0. The van der Waals surface area contributed by atoms with Gasteiger partial charge in [0.05, 0.1) is 19.6 Å². The molecule has 0 heterocycles. The molecular formula is C75H60N6O2. The van der Waals surface area contributed by atoms with Gasteiger partial charge >= 0.3 is 0 Å². The third-order valence-electron chi connectivity index (χ3n) is 15.8. The first-order valence-corrected chi connectivity index (χ1v) is 27.8. The normalized spacial score (nSPS) is 11.9. The van der Waals surface area contributed by atoms with Gasteiger partial charge < -0.3 is 40.5 Å². The molecule has 12 aromatic rings.